The number of amides is 2. The quantitative estimate of drug-likeness (QED) is 0.425. The van der Waals surface area contributed by atoms with E-state index in [9.17, 15) is 9.59 Å². The Kier molecular flexibility index (Phi) is 10.4. The van der Waals surface area contributed by atoms with E-state index in [1.807, 2.05) is 0 Å². The number of allylic oxidation sites excluding steroid dienone is 1. The zero-order valence-corrected chi connectivity index (χ0v) is 17.7. The Balaban J connectivity index is 4.78. The number of hydrogen-bond acceptors (Lipinski definition) is 4. The minimum Gasteiger partial charge on any atom is -0.443 e. The summed E-state index contributed by atoms with van der Waals surface area (Å²) in [7, 11) is 0. The predicted octanol–water partition coefficient (Wildman–Crippen LogP) is 5.93. The van der Waals surface area contributed by atoms with Gasteiger partial charge in [-0.3, -0.25) is 0 Å². The van der Waals surface area contributed by atoms with Crippen LogP contribution < -0.4 is 5.43 Å². The van der Waals surface area contributed by atoms with E-state index in [0.717, 1.165) is 24.3 Å². The van der Waals surface area contributed by atoms with Gasteiger partial charge < -0.3 is 9.47 Å². The summed E-state index contributed by atoms with van der Waals surface area (Å²) >= 11 is 0. The molecule has 0 radical (unpaired) electrons. The van der Waals surface area contributed by atoms with Crippen molar-refractivity contribution in [2.75, 3.05) is 0 Å². The van der Waals surface area contributed by atoms with Gasteiger partial charge in [-0.2, -0.15) is 5.01 Å². The van der Waals surface area contributed by atoms with Crippen LogP contribution in [0.4, 0.5) is 9.59 Å². The van der Waals surface area contributed by atoms with Crippen LogP contribution in [-0.4, -0.2) is 28.4 Å². The normalized spacial score (nSPS) is 11.7. The summed E-state index contributed by atoms with van der Waals surface area (Å²) in [4.78, 5) is 24.5. The maximum absolute atomic E-state index is 12.4. The molecule has 0 unspecified atom stereocenters. The molecule has 0 saturated heterocycles. The van der Waals surface area contributed by atoms with E-state index in [-0.39, 0.29) is 0 Å². The highest BCUT2D eigenvalue weighted by Crippen LogP contribution is 2.17. The topological polar surface area (TPSA) is 67.9 Å². The van der Waals surface area contributed by atoms with Crippen LogP contribution in [0.3, 0.4) is 0 Å². The van der Waals surface area contributed by atoms with E-state index in [2.05, 4.69) is 18.9 Å². The Morgan fingerprint density at radius 1 is 0.885 bits per heavy atom. The van der Waals surface area contributed by atoms with Crippen LogP contribution in [0.25, 0.3) is 0 Å². The van der Waals surface area contributed by atoms with E-state index in [1.54, 1.807) is 41.5 Å². The van der Waals surface area contributed by atoms with Gasteiger partial charge in [0.05, 0.1) is 0 Å². The maximum atomic E-state index is 12.4. The predicted molar refractivity (Wildman–Crippen MR) is 105 cm³/mol. The molecule has 2 amide bonds. The highest BCUT2D eigenvalue weighted by atomic mass is 16.6. The van der Waals surface area contributed by atoms with Crippen molar-refractivity contribution >= 4 is 12.2 Å². The minimum absolute atomic E-state index is 0.487. The third-order valence-electron chi connectivity index (χ3n) is 3.31. The van der Waals surface area contributed by atoms with Gasteiger partial charge in [0, 0.05) is 5.70 Å². The average molecular weight is 371 g/mol. The molecule has 0 rings (SSSR count). The molecule has 0 fully saturated rings. The monoisotopic (exact) mass is 370 g/mol. The summed E-state index contributed by atoms with van der Waals surface area (Å²) in [6, 6.07) is 0. The fourth-order valence-electron chi connectivity index (χ4n) is 2.17. The maximum Gasteiger partial charge on any atom is 0.433 e. The highest BCUT2D eigenvalue weighted by molar-refractivity contribution is 5.75. The molecule has 0 saturated carbocycles. The number of rotatable bonds is 8. The van der Waals surface area contributed by atoms with Crippen LogP contribution in [0.5, 0.6) is 0 Å². The molecule has 0 aromatic rings. The zero-order valence-electron chi connectivity index (χ0n) is 17.7. The molecule has 26 heavy (non-hydrogen) atoms. The van der Waals surface area contributed by atoms with E-state index in [1.165, 1.54) is 19.3 Å². The molecule has 0 spiro atoms. The number of carbonyl (C=O) groups is 2. The molecular formula is C20H38N2O4. The Hall–Kier alpha value is -1.72. The number of unbranched alkanes of at least 4 members (excludes halogenated alkanes) is 5. The average Bonchev–Trinajstić information content (AvgIpc) is 2.44. The van der Waals surface area contributed by atoms with Crippen molar-refractivity contribution in [3.8, 4) is 0 Å². The van der Waals surface area contributed by atoms with Gasteiger partial charge in [0.1, 0.15) is 11.2 Å². The van der Waals surface area contributed by atoms with Gasteiger partial charge in [-0.15, -0.1) is 0 Å². The zero-order chi connectivity index (χ0) is 20.4. The molecular weight excluding hydrogens is 332 g/mol. The van der Waals surface area contributed by atoms with Crippen LogP contribution in [-0.2, 0) is 9.47 Å². The lowest BCUT2D eigenvalue weighted by Crippen LogP contribution is -2.48. The summed E-state index contributed by atoms with van der Waals surface area (Å²) < 4.78 is 10.6. The van der Waals surface area contributed by atoms with Crippen molar-refractivity contribution in [2.24, 2.45) is 0 Å². The Labute approximate surface area is 159 Å². The second-order valence-corrected chi connectivity index (χ2v) is 8.51. The Morgan fingerprint density at radius 3 is 1.88 bits per heavy atom. The number of nitrogens with one attached hydrogen (secondary N) is 1. The second-order valence-electron chi connectivity index (χ2n) is 8.51. The van der Waals surface area contributed by atoms with E-state index >= 15 is 0 Å². The van der Waals surface area contributed by atoms with Crippen LogP contribution in [0, 0.1) is 0 Å². The molecule has 6 nitrogen and oxygen atoms in total. The molecule has 0 aromatic heterocycles. The van der Waals surface area contributed by atoms with E-state index < -0.39 is 23.4 Å². The standard InChI is InChI=1S/C20H38N2O4/c1-9-10-11-12-13-14-15-16(2)22(18(24)26-20(6,7)8)21-17(23)25-19(3,4)5/h2,9-15H2,1,3-8H3,(H,21,23). The third kappa shape index (κ3) is 12.6. The number of ether oxygens (including phenoxy) is 2. The van der Waals surface area contributed by atoms with Crippen LogP contribution in [0.1, 0.15) is 93.4 Å². The lowest BCUT2D eigenvalue weighted by atomic mass is 10.1. The number of carbonyl (C=O) groups excluding carboxylic acids is 2. The first kappa shape index (κ1) is 24.3. The largest absolute Gasteiger partial charge is 0.443 e. The van der Waals surface area contributed by atoms with Crippen molar-refractivity contribution in [1.29, 1.82) is 0 Å². The first-order valence-corrected chi connectivity index (χ1v) is 9.56. The van der Waals surface area contributed by atoms with Gasteiger partial charge in [-0.1, -0.05) is 45.6 Å². The molecule has 0 heterocycles. The number of nitrogens with zero attached hydrogens (tertiary/aromatic N) is 1. The molecule has 152 valence electrons. The van der Waals surface area contributed by atoms with Crippen molar-refractivity contribution in [3.63, 3.8) is 0 Å². The van der Waals surface area contributed by atoms with Gasteiger partial charge in [0.2, 0.25) is 0 Å². The van der Waals surface area contributed by atoms with Crippen molar-refractivity contribution < 1.29 is 19.1 Å². The molecule has 0 aliphatic rings. The van der Waals surface area contributed by atoms with Gasteiger partial charge in [0.15, 0.2) is 0 Å². The van der Waals surface area contributed by atoms with Crippen LogP contribution in [0.2, 0.25) is 0 Å². The lowest BCUT2D eigenvalue weighted by Gasteiger charge is -2.29. The first-order valence-electron chi connectivity index (χ1n) is 9.56. The lowest BCUT2D eigenvalue weighted by molar-refractivity contribution is 0.00862. The minimum atomic E-state index is -0.715. The molecule has 1 N–H and O–H groups in total. The molecule has 0 atom stereocenters. The summed E-state index contributed by atoms with van der Waals surface area (Å²) in [5.74, 6) is 0. The van der Waals surface area contributed by atoms with Crippen molar-refractivity contribution in [1.82, 2.24) is 10.4 Å². The summed E-state index contributed by atoms with van der Waals surface area (Å²) in [5.41, 5.74) is 1.60. The Bertz CT molecular complexity index is 461. The van der Waals surface area contributed by atoms with Gasteiger partial charge >= 0.3 is 12.2 Å². The summed E-state index contributed by atoms with van der Waals surface area (Å²) in [5, 5.41) is 1.06. The van der Waals surface area contributed by atoms with E-state index in [4.69, 9.17) is 9.47 Å². The third-order valence-corrected chi connectivity index (χ3v) is 3.31. The summed E-state index contributed by atoms with van der Waals surface area (Å²) in [6.45, 7) is 16.7. The molecule has 0 aromatic carbocycles. The van der Waals surface area contributed by atoms with Gasteiger partial charge in [-0.25, -0.2) is 15.0 Å². The van der Waals surface area contributed by atoms with Crippen molar-refractivity contribution in [2.45, 2.75) is 105 Å². The fraction of sp³-hybridized carbons (Fsp3) is 0.800. The van der Waals surface area contributed by atoms with E-state index in [0.29, 0.717) is 12.1 Å². The number of hydrogen-bond donors (Lipinski definition) is 1. The molecule has 0 aliphatic heterocycles. The molecule has 0 aliphatic carbocycles. The smallest absolute Gasteiger partial charge is 0.433 e. The fourth-order valence-corrected chi connectivity index (χ4v) is 2.17. The van der Waals surface area contributed by atoms with Crippen LogP contribution >= 0.6 is 0 Å². The summed E-state index contributed by atoms with van der Waals surface area (Å²) in [6.07, 6.45) is 6.01. The van der Waals surface area contributed by atoms with Gasteiger partial charge in [-0.05, 0) is 54.4 Å². The Morgan fingerprint density at radius 2 is 1.38 bits per heavy atom. The highest BCUT2D eigenvalue weighted by Gasteiger charge is 2.27. The first-order chi connectivity index (χ1) is 11.9. The SMILES string of the molecule is C=C(CCCCCCCC)N(NC(=O)OC(C)(C)C)C(=O)OC(C)(C)C. The molecule has 6 heteroatoms. The second kappa shape index (κ2) is 11.1. The molecule has 0 bridgehead atoms. The van der Waals surface area contributed by atoms with Gasteiger partial charge in [0.25, 0.3) is 0 Å². The number of hydrazine groups is 1. The van der Waals surface area contributed by atoms with Crippen LogP contribution in [0.15, 0.2) is 12.3 Å². The van der Waals surface area contributed by atoms with Crippen molar-refractivity contribution in [3.05, 3.63) is 12.3 Å².